The molecule has 0 heterocycles. The summed E-state index contributed by atoms with van der Waals surface area (Å²) in [5.74, 6) is 0.143. The Morgan fingerprint density at radius 2 is 1.85 bits per heavy atom. The van der Waals surface area contributed by atoms with E-state index in [2.05, 4.69) is 5.32 Å². The van der Waals surface area contributed by atoms with E-state index < -0.39 is 17.6 Å². The molecule has 0 atom stereocenters. The molecule has 1 aromatic rings. The molecule has 1 rings (SSSR count). The molecule has 0 aliphatic heterocycles. The molecule has 112 valence electrons. The molecular formula is C14H17ClF3NO. The molecule has 1 aromatic carbocycles. The maximum atomic E-state index is 12.5. The standard InChI is InChI=1S/C14H17ClF3NO/c15-8-3-1-2-4-9-19-13(20)11-6-5-7-12(10-11)14(16,17)18/h5-7,10H,1-4,8-9H2,(H,19,20). The molecule has 0 fully saturated rings. The highest BCUT2D eigenvalue weighted by Gasteiger charge is 2.30. The van der Waals surface area contributed by atoms with Gasteiger partial charge in [-0.25, -0.2) is 0 Å². The van der Waals surface area contributed by atoms with E-state index in [1.165, 1.54) is 12.1 Å². The van der Waals surface area contributed by atoms with Crippen molar-refractivity contribution in [3.05, 3.63) is 35.4 Å². The Morgan fingerprint density at radius 1 is 1.15 bits per heavy atom. The minimum Gasteiger partial charge on any atom is -0.352 e. The number of unbranched alkanes of at least 4 members (excludes halogenated alkanes) is 3. The van der Waals surface area contributed by atoms with Gasteiger partial charge in [0.2, 0.25) is 0 Å². The third kappa shape index (κ3) is 5.82. The number of hydrogen-bond acceptors (Lipinski definition) is 1. The van der Waals surface area contributed by atoms with Crippen LogP contribution < -0.4 is 5.32 Å². The smallest absolute Gasteiger partial charge is 0.352 e. The Labute approximate surface area is 121 Å². The van der Waals surface area contributed by atoms with Crippen molar-refractivity contribution in [2.75, 3.05) is 12.4 Å². The lowest BCUT2D eigenvalue weighted by Crippen LogP contribution is -2.24. The number of nitrogens with one attached hydrogen (secondary N) is 1. The van der Waals surface area contributed by atoms with Crippen LogP contribution in [0.15, 0.2) is 24.3 Å². The molecule has 1 amide bonds. The van der Waals surface area contributed by atoms with Gasteiger partial charge in [-0.1, -0.05) is 18.9 Å². The average molecular weight is 308 g/mol. The number of hydrogen-bond donors (Lipinski definition) is 1. The Morgan fingerprint density at radius 3 is 2.50 bits per heavy atom. The van der Waals surface area contributed by atoms with Gasteiger partial charge >= 0.3 is 6.18 Å². The van der Waals surface area contributed by atoms with Gasteiger partial charge in [0.1, 0.15) is 0 Å². The van der Waals surface area contributed by atoms with Crippen molar-refractivity contribution in [3.8, 4) is 0 Å². The Kier molecular flexibility index (Phi) is 6.85. The van der Waals surface area contributed by atoms with Crippen LogP contribution in [-0.2, 0) is 6.18 Å². The summed E-state index contributed by atoms with van der Waals surface area (Å²) in [6.45, 7) is 0.456. The first-order valence-electron chi connectivity index (χ1n) is 6.46. The van der Waals surface area contributed by atoms with Crippen LogP contribution in [0.25, 0.3) is 0 Å². The molecule has 20 heavy (non-hydrogen) atoms. The molecule has 0 aromatic heterocycles. The van der Waals surface area contributed by atoms with Gasteiger partial charge in [0.05, 0.1) is 5.56 Å². The Hall–Kier alpha value is -1.23. The lowest BCUT2D eigenvalue weighted by Gasteiger charge is -2.09. The fourth-order valence-electron chi connectivity index (χ4n) is 1.71. The molecule has 0 saturated carbocycles. The minimum atomic E-state index is -4.43. The summed E-state index contributed by atoms with van der Waals surface area (Å²) < 4.78 is 37.5. The second-order valence-corrected chi connectivity index (χ2v) is 4.82. The van der Waals surface area contributed by atoms with Crippen LogP contribution in [0.3, 0.4) is 0 Å². The zero-order valence-electron chi connectivity index (χ0n) is 11.0. The quantitative estimate of drug-likeness (QED) is 0.592. The van der Waals surface area contributed by atoms with Crippen LogP contribution in [0.4, 0.5) is 13.2 Å². The molecule has 1 N–H and O–H groups in total. The van der Waals surface area contributed by atoms with Crippen molar-refractivity contribution in [1.29, 1.82) is 0 Å². The first-order chi connectivity index (χ1) is 9.45. The lowest BCUT2D eigenvalue weighted by molar-refractivity contribution is -0.137. The molecule has 0 bridgehead atoms. The fraction of sp³-hybridized carbons (Fsp3) is 0.500. The molecule has 0 radical (unpaired) electrons. The van der Waals surface area contributed by atoms with Gasteiger partial charge in [0.25, 0.3) is 5.91 Å². The number of halogens is 4. The average Bonchev–Trinajstić information content (AvgIpc) is 2.41. The second kappa shape index (κ2) is 8.15. The zero-order valence-corrected chi connectivity index (χ0v) is 11.7. The number of amides is 1. The SMILES string of the molecule is O=C(NCCCCCCCl)c1cccc(C(F)(F)F)c1. The normalized spacial score (nSPS) is 11.4. The van der Waals surface area contributed by atoms with Gasteiger partial charge in [-0.15, -0.1) is 11.6 Å². The maximum Gasteiger partial charge on any atom is 0.416 e. The predicted molar refractivity (Wildman–Crippen MR) is 73.0 cm³/mol. The highest BCUT2D eigenvalue weighted by atomic mass is 35.5. The van der Waals surface area contributed by atoms with Crippen molar-refractivity contribution in [1.82, 2.24) is 5.32 Å². The fourth-order valence-corrected chi connectivity index (χ4v) is 1.90. The van der Waals surface area contributed by atoms with Crippen LogP contribution in [0, 0.1) is 0 Å². The first-order valence-corrected chi connectivity index (χ1v) is 7.00. The van der Waals surface area contributed by atoms with Gasteiger partial charge in [0, 0.05) is 18.0 Å². The molecule has 0 spiro atoms. The Balaban J connectivity index is 2.44. The molecule has 0 saturated heterocycles. The van der Waals surface area contributed by atoms with E-state index in [1.54, 1.807) is 0 Å². The van der Waals surface area contributed by atoms with E-state index in [-0.39, 0.29) is 5.56 Å². The molecule has 0 aliphatic carbocycles. The van der Waals surface area contributed by atoms with E-state index in [1.807, 2.05) is 0 Å². The summed E-state index contributed by atoms with van der Waals surface area (Å²) >= 11 is 5.53. The largest absolute Gasteiger partial charge is 0.416 e. The van der Waals surface area contributed by atoms with Crippen LogP contribution in [0.2, 0.25) is 0 Å². The molecular weight excluding hydrogens is 291 g/mol. The van der Waals surface area contributed by atoms with Crippen LogP contribution in [0.1, 0.15) is 41.6 Å². The van der Waals surface area contributed by atoms with Crippen molar-refractivity contribution < 1.29 is 18.0 Å². The Bertz CT molecular complexity index is 435. The summed E-state index contributed by atoms with van der Waals surface area (Å²) in [6.07, 6.45) is -0.777. The van der Waals surface area contributed by atoms with E-state index in [9.17, 15) is 18.0 Å². The van der Waals surface area contributed by atoms with Gasteiger partial charge in [-0.2, -0.15) is 13.2 Å². The second-order valence-electron chi connectivity index (χ2n) is 4.44. The third-order valence-electron chi connectivity index (χ3n) is 2.80. The summed E-state index contributed by atoms with van der Waals surface area (Å²) in [4.78, 5) is 11.7. The summed E-state index contributed by atoms with van der Waals surface area (Å²) in [5.41, 5.74) is -0.784. The minimum absolute atomic E-state index is 0.0283. The van der Waals surface area contributed by atoms with E-state index in [4.69, 9.17) is 11.6 Å². The van der Waals surface area contributed by atoms with Crippen molar-refractivity contribution >= 4 is 17.5 Å². The zero-order chi connectivity index (χ0) is 15.0. The van der Waals surface area contributed by atoms with Crippen LogP contribution >= 0.6 is 11.6 Å². The topological polar surface area (TPSA) is 29.1 Å². The third-order valence-corrected chi connectivity index (χ3v) is 3.07. The van der Waals surface area contributed by atoms with Gasteiger partial charge in [-0.3, -0.25) is 4.79 Å². The summed E-state index contributed by atoms with van der Waals surface area (Å²) in [7, 11) is 0. The maximum absolute atomic E-state index is 12.5. The van der Waals surface area contributed by atoms with Gasteiger partial charge in [0.15, 0.2) is 0 Å². The summed E-state index contributed by atoms with van der Waals surface area (Å²) in [6, 6.07) is 4.42. The number of alkyl halides is 4. The summed E-state index contributed by atoms with van der Waals surface area (Å²) in [5, 5.41) is 2.62. The highest BCUT2D eigenvalue weighted by molar-refractivity contribution is 6.17. The molecule has 0 unspecified atom stereocenters. The van der Waals surface area contributed by atoms with Crippen molar-refractivity contribution in [2.24, 2.45) is 0 Å². The number of carbonyl (C=O) groups excluding carboxylic acids is 1. The van der Waals surface area contributed by atoms with Crippen LogP contribution in [-0.4, -0.2) is 18.3 Å². The van der Waals surface area contributed by atoms with Gasteiger partial charge in [-0.05, 0) is 31.0 Å². The van der Waals surface area contributed by atoms with E-state index >= 15 is 0 Å². The number of carbonyl (C=O) groups is 1. The predicted octanol–water partition coefficient (Wildman–Crippen LogP) is 4.23. The molecule has 6 heteroatoms. The lowest BCUT2D eigenvalue weighted by atomic mass is 10.1. The van der Waals surface area contributed by atoms with Gasteiger partial charge < -0.3 is 5.32 Å². The van der Waals surface area contributed by atoms with E-state index in [0.29, 0.717) is 12.4 Å². The van der Waals surface area contributed by atoms with E-state index in [0.717, 1.165) is 37.8 Å². The van der Waals surface area contributed by atoms with Crippen molar-refractivity contribution in [3.63, 3.8) is 0 Å². The number of rotatable bonds is 7. The first kappa shape index (κ1) is 16.8. The van der Waals surface area contributed by atoms with Crippen molar-refractivity contribution in [2.45, 2.75) is 31.9 Å². The monoisotopic (exact) mass is 307 g/mol. The number of benzene rings is 1. The molecule has 0 aliphatic rings. The molecule has 2 nitrogen and oxygen atoms in total. The highest BCUT2D eigenvalue weighted by Crippen LogP contribution is 2.29. The van der Waals surface area contributed by atoms with Crippen LogP contribution in [0.5, 0.6) is 0 Å².